The van der Waals surface area contributed by atoms with Crippen LogP contribution in [0.2, 0.25) is 0 Å². The normalized spacial score (nSPS) is 15.9. The maximum absolute atomic E-state index is 13.3. The summed E-state index contributed by atoms with van der Waals surface area (Å²) in [6.07, 6.45) is 2.57. The lowest BCUT2D eigenvalue weighted by Gasteiger charge is -2.14. The Bertz CT molecular complexity index is 411. The van der Waals surface area contributed by atoms with Crippen molar-refractivity contribution in [2.75, 3.05) is 25.0 Å². The van der Waals surface area contributed by atoms with Crippen LogP contribution in [0.4, 0.5) is 14.5 Å². The van der Waals surface area contributed by atoms with Crippen molar-refractivity contribution in [2.24, 2.45) is 0 Å². The molecule has 1 saturated heterocycles. The fraction of sp³-hybridized carbons (Fsp3) is 0.462. The van der Waals surface area contributed by atoms with Crippen molar-refractivity contribution >= 4 is 11.6 Å². The van der Waals surface area contributed by atoms with Gasteiger partial charge < -0.3 is 10.2 Å². The molecule has 3 nitrogen and oxygen atoms in total. The molecule has 1 aromatic carbocycles. The quantitative estimate of drug-likeness (QED) is 0.894. The Kier molecular flexibility index (Phi) is 4.25. The van der Waals surface area contributed by atoms with Gasteiger partial charge in [0.1, 0.15) is 17.3 Å². The molecular weight excluding hydrogens is 238 g/mol. The van der Waals surface area contributed by atoms with E-state index >= 15 is 0 Å². The van der Waals surface area contributed by atoms with Crippen molar-refractivity contribution in [3.63, 3.8) is 0 Å². The van der Waals surface area contributed by atoms with E-state index in [0.29, 0.717) is 6.54 Å². The highest BCUT2D eigenvalue weighted by molar-refractivity contribution is 5.91. The van der Waals surface area contributed by atoms with E-state index in [-0.39, 0.29) is 18.0 Å². The molecule has 1 heterocycles. The van der Waals surface area contributed by atoms with E-state index < -0.39 is 11.6 Å². The average molecular weight is 254 g/mol. The standard InChI is InChI=1S/C13H16F2N2O/c14-10-4-3-5-11(15)13(10)16-12(18)6-9-17-7-1-2-8-17/h3-5H,1-2,6-9H2,(H,16,18). The molecule has 0 aliphatic carbocycles. The molecule has 0 unspecified atom stereocenters. The second kappa shape index (κ2) is 5.91. The first-order valence-corrected chi connectivity index (χ1v) is 6.13. The first-order chi connectivity index (χ1) is 8.66. The number of rotatable bonds is 4. The zero-order valence-electron chi connectivity index (χ0n) is 10.1. The van der Waals surface area contributed by atoms with Gasteiger partial charge in [0.15, 0.2) is 0 Å². The van der Waals surface area contributed by atoms with Crippen molar-refractivity contribution in [2.45, 2.75) is 19.3 Å². The average Bonchev–Trinajstić information content (AvgIpc) is 2.84. The molecule has 1 aromatic rings. The first-order valence-electron chi connectivity index (χ1n) is 6.13. The number of nitrogens with zero attached hydrogens (tertiary/aromatic N) is 1. The van der Waals surface area contributed by atoms with Gasteiger partial charge >= 0.3 is 0 Å². The molecule has 0 radical (unpaired) electrons. The van der Waals surface area contributed by atoms with Gasteiger partial charge in [-0.25, -0.2) is 8.78 Å². The Hall–Kier alpha value is -1.49. The summed E-state index contributed by atoms with van der Waals surface area (Å²) < 4.78 is 26.6. The van der Waals surface area contributed by atoms with Crippen molar-refractivity contribution in [1.82, 2.24) is 4.90 Å². The molecule has 0 atom stereocenters. The SMILES string of the molecule is O=C(CCN1CCCC1)Nc1c(F)cccc1F. The maximum atomic E-state index is 13.3. The number of likely N-dealkylation sites (tertiary alicyclic amines) is 1. The van der Waals surface area contributed by atoms with Gasteiger partial charge in [-0.05, 0) is 38.1 Å². The van der Waals surface area contributed by atoms with E-state index in [2.05, 4.69) is 10.2 Å². The second-order valence-electron chi connectivity index (χ2n) is 4.44. The molecule has 1 fully saturated rings. The Morgan fingerprint density at radius 2 is 1.83 bits per heavy atom. The molecule has 2 rings (SSSR count). The third kappa shape index (κ3) is 3.26. The molecule has 1 aliphatic heterocycles. The molecule has 18 heavy (non-hydrogen) atoms. The number of hydrogen-bond acceptors (Lipinski definition) is 2. The highest BCUT2D eigenvalue weighted by Crippen LogP contribution is 2.18. The maximum Gasteiger partial charge on any atom is 0.225 e. The zero-order chi connectivity index (χ0) is 13.0. The highest BCUT2D eigenvalue weighted by atomic mass is 19.1. The Morgan fingerprint density at radius 3 is 2.44 bits per heavy atom. The van der Waals surface area contributed by atoms with Crippen LogP contribution >= 0.6 is 0 Å². The van der Waals surface area contributed by atoms with Crippen LogP contribution in [0.3, 0.4) is 0 Å². The van der Waals surface area contributed by atoms with E-state index in [1.807, 2.05) is 0 Å². The number of nitrogens with one attached hydrogen (secondary N) is 1. The number of anilines is 1. The second-order valence-corrected chi connectivity index (χ2v) is 4.44. The molecular formula is C13H16F2N2O. The number of para-hydroxylation sites is 1. The Labute approximate surface area is 105 Å². The predicted molar refractivity (Wildman–Crippen MR) is 65.3 cm³/mol. The minimum Gasteiger partial charge on any atom is -0.321 e. The van der Waals surface area contributed by atoms with Gasteiger partial charge in [0.25, 0.3) is 0 Å². The van der Waals surface area contributed by atoms with Crippen LogP contribution in [-0.2, 0) is 4.79 Å². The largest absolute Gasteiger partial charge is 0.321 e. The number of carbonyl (C=O) groups is 1. The number of amides is 1. The van der Waals surface area contributed by atoms with Gasteiger partial charge in [-0.1, -0.05) is 6.07 Å². The van der Waals surface area contributed by atoms with Crippen molar-refractivity contribution < 1.29 is 13.6 Å². The van der Waals surface area contributed by atoms with Gasteiger partial charge in [0, 0.05) is 13.0 Å². The number of carbonyl (C=O) groups excluding carboxylic acids is 1. The van der Waals surface area contributed by atoms with Crippen LogP contribution in [0, 0.1) is 11.6 Å². The van der Waals surface area contributed by atoms with Crippen LogP contribution in [0.15, 0.2) is 18.2 Å². The van der Waals surface area contributed by atoms with Crippen LogP contribution in [0.5, 0.6) is 0 Å². The number of hydrogen-bond donors (Lipinski definition) is 1. The van der Waals surface area contributed by atoms with Gasteiger partial charge in [0.2, 0.25) is 5.91 Å². The van der Waals surface area contributed by atoms with E-state index in [9.17, 15) is 13.6 Å². The summed E-state index contributed by atoms with van der Waals surface area (Å²) in [5.74, 6) is -1.85. The fourth-order valence-corrected chi connectivity index (χ4v) is 2.09. The van der Waals surface area contributed by atoms with Gasteiger partial charge in [0.05, 0.1) is 0 Å². The molecule has 0 aromatic heterocycles. The van der Waals surface area contributed by atoms with Crippen molar-refractivity contribution in [3.05, 3.63) is 29.8 Å². The van der Waals surface area contributed by atoms with E-state index in [1.165, 1.54) is 6.07 Å². The lowest BCUT2D eigenvalue weighted by molar-refractivity contribution is -0.116. The van der Waals surface area contributed by atoms with E-state index in [1.54, 1.807) is 0 Å². The highest BCUT2D eigenvalue weighted by Gasteiger charge is 2.15. The lowest BCUT2D eigenvalue weighted by Crippen LogP contribution is -2.25. The van der Waals surface area contributed by atoms with Crippen molar-refractivity contribution in [3.8, 4) is 0 Å². The summed E-state index contributed by atoms with van der Waals surface area (Å²) in [6.45, 7) is 2.64. The van der Waals surface area contributed by atoms with Crippen LogP contribution < -0.4 is 5.32 Å². The molecule has 5 heteroatoms. The Morgan fingerprint density at radius 1 is 1.22 bits per heavy atom. The van der Waals surface area contributed by atoms with Crippen LogP contribution in [-0.4, -0.2) is 30.4 Å². The summed E-state index contributed by atoms with van der Waals surface area (Å²) in [6, 6.07) is 3.52. The number of halogens is 2. The Balaban J connectivity index is 1.86. The zero-order valence-corrected chi connectivity index (χ0v) is 10.1. The predicted octanol–water partition coefficient (Wildman–Crippen LogP) is 2.39. The van der Waals surface area contributed by atoms with Gasteiger partial charge in [-0.2, -0.15) is 0 Å². The van der Waals surface area contributed by atoms with E-state index in [0.717, 1.165) is 38.1 Å². The minimum absolute atomic E-state index is 0.258. The summed E-state index contributed by atoms with van der Waals surface area (Å²) in [5.41, 5.74) is -0.357. The smallest absolute Gasteiger partial charge is 0.225 e. The third-order valence-corrected chi connectivity index (χ3v) is 3.08. The number of benzene rings is 1. The van der Waals surface area contributed by atoms with Gasteiger partial charge in [-0.3, -0.25) is 4.79 Å². The van der Waals surface area contributed by atoms with Crippen LogP contribution in [0.1, 0.15) is 19.3 Å². The summed E-state index contributed by atoms with van der Waals surface area (Å²) in [7, 11) is 0. The molecule has 0 spiro atoms. The topological polar surface area (TPSA) is 32.3 Å². The molecule has 98 valence electrons. The van der Waals surface area contributed by atoms with E-state index in [4.69, 9.17) is 0 Å². The minimum atomic E-state index is -0.746. The third-order valence-electron chi connectivity index (χ3n) is 3.08. The lowest BCUT2D eigenvalue weighted by atomic mass is 10.2. The monoisotopic (exact) mass is 254 g/mol. The fourth-order valence-electron chi connectivity index (χ4n) is 2.09. The first kappa shape index (κ1) is 13.0. The van der Waals surface area contributed by atoms with Crippen LogP contribution in [0.25, 0.3) is 0 Å². The summed E-state index contributed by atoms with van der Waals surface area (Å²) in [5, 5.41) is 2.29. The van der Waals surface area contributed by atoms with Gasteiger partial charge in [-0.15, -0.1) is 0 Å². The molecule has 1 aliphatic rings. The summed E-state index contributed by atoms with van der Waals surface area (Å²) in [4.78, 5) is 13.8. The summed E-state index contributed by atoms with van der Waals surface area (Å²) >= 11 is 0. The molecule has 1 N–H and O–H groups in total. The molecule has 0 saturated carbocycles. The van der Waals surface area contributed by atoms with Crippen molar-refractivity contribution in [1.29, 1.82) is 0 Å². The molecule has 1 amide bonds. The molecule has 0 bridgehead atoms.